The van der Waals surface area contributed by atoms with Crippen LogP contribution < -0.4 is 5.32 Å². The van der Waals surface area contributed by atoms with Crippen molar-refractivity contribution in [2.24, 2.45) is 0 Å². The molecule has 1 aromatic carbocycles. The van der Waals surface area contributed by atoms with Gasteiger partial charge in [0.15, 0.2) is 0 Å². The predicted octanol–water partition coefficient (Wildman–Crippen LogP) is 3.14. The first-order valence-corrected chi connectivity index (χ1v) is 5.15. The maximum Gasteiger partial charge on any atom is 0.126 e. The van der Waals surface area contributed by atoms with E-state index in [4.69, 9.17) is 0 Å². The number of aryl methyl sites for hydroxylation is 1. The molecule has 82 valence electrons. The molecule has 0 spiro atoms. The molecule has 0 aliphatic rings. The minimum atomic E-state index is -0.205. The summed E-state index contributed by atoms with van der Waals surface area (Å²) in [7, 11) is 0. The van der Waals surface area contributed by atoms with Gasteiger partial charge in [-0.25, -0.2) is 9.37 Å². The Labute approximate surface area is 94.2 Å². The van der Waals surface area contributed by atoms with E-state index in [1.165, 1.54) is 6.07 Å². The minimum absolute atomic E-state index is 0.205. The van der Waals surface area contributed by atoms with Gasteiger partial charge in [0.2, 0.25) is 0 Å². The molecule has 3 heteroatoms. The summed E-state index contributed by atoms with van der Waals surface area (Å²) in [6.45, 7) is 2.55. The summed E-state index contributed by atoms with van der Waals surface area (Å²) < 4.78 is 13.0. The quantitative estimate of drug-likeness (QED) is 0.852. The van der Waals surface area contributed by atoms with Crippen LogP contribution in [0.15, 0.2) is 42.6 Å². The molecule has 1 heterocycles. The van der Waals surface area contributed by atoms with Gasteiger partial charge in [0.25, 0.3) is 0 Å². The molecule has 1 aromatic heterocycles. The highest BCUT2D eigenvalue weighted by molar-refractivity contribution is 5.36. The number of anilines is 1. The van der Waals surface area contributed by atoms with Crippen molar-refractivity contribution in [3.05, 3.63) is 59.5 Å². The second-order valence-corrected chi connectivity index (χ2v) is 3.64. The highest BCUT2D eigenvalue weighted by Gasteiger charge is 2.00. The van der Waals surface area contributed by atoms with E-state index >= 15 is 0 Å². The Morgan fingerprint density at radius 3 is 2.88 bits per heavy atom. The van der Waals surface area contributed by atoms with Crippen molar-refractivity contribution in [3.8, 4) is 0 Å². The van der Waals surface area contributed by atoms with E-state index in [1.54, 1.807) is 18.3 Å². The van der Waals surface area contributed by atoms with Crippen molar-refractivity contribution in [2.45, 2.75) is 13.5 Å². The SMILES string of the molecule is Cc1ccc(F)cc1CNc1ccccn1. The third-order valence-electron chi connectivity index (χ3n) is 2.44. The second-order valence-electron chi connectivity index (χ2n) is 3.64. The molecular formula is C13H13FN2. The van der Waals surface area contributed by atoms with E-state index in [-0.39, 0.29) is 5.82 Å². The summed E-state index contributed by atoms with van der Waals surface area (Å²) in [4.78, 5) is 4.14. The van der Waals surface area contributed by atoms with Crippen LogP contribution in [0.1, 0.15) is 11.1 Å². The molecule has 1 N–H and O–H groups in total. The van der Waals surface area contributed by atoms with Crippen molar-refractivity contribution < 1.29 is 4.39 Å². The molecule has 0 unspecified atom stereocenters. The van der Waals surface area contributed by atoms with Crippen LogP contribution in [0.25, 0.3) is 0 Å². The topological polar surface area (TPSA) is 24.9 Å². The Bertz CT molecular complexity index is 469. The molecule has 2 nitrogen and oxygen atoms in total. The first-order chi connectivity index (χ1) is 7.75. The number of hydrogen-bond donors (Lipinski definition) is 1. The number of hydrogen-bond acceptors (Lipinski definition) is 2. The maximum atomic E-state index is 13.0. The van der Waals surface area contributed by atoms with E-state index in [0.717, 1.165) is 16.9 Å². The van der Waals surface area contributed by atoms with E-state index in [9.17, 15) is 4.39 Å². The molecule has 0 aliphatic carbocycles. The molecule has 2 rings (SSSR count). The van der Waals surface area contributed by atoms with Gasteiger partial charge in [0.05, 0.1) is 0 Å². The van der Waals surface area contributed by atoms with Gasteiger partial charge in [-0.1, -0.05) is 12.1 Å². The number of pyridine rings is 1. The zero-order valence-corrected chi connectivity index (χ0v) is 9.07. The maximum absolute atomic E-state index is 13.0. The van der Waals surface area contributed by atoms with Gasteiger partial charge in [-0.2, -0.15) is 0 Å². The molecule has 0 saturated carbocycles. The molecular weight excluding hydrogens is 203 g/mol. The van der Waals surface area contributed by atoms with Gasteiger partial charge in [-0.05, 0) is 42.3 Å². The van der Waals surface area contributed by atoms with E-state index < -0.39 is 0 Å². The monoisotopic (exact) mass is 216 g/mol. The Hall–Kier alpha value is -1.90. The van der Waals surface area contributed by atoms with Gasteiger partial charge in [-0.3, -0.25) is 0 Å². The van der Waals surface area contributed by atoms with Crippen LogP contribution in [0.3, 0.4) is 0 Å². The van der Waals surface area contributed by atoms with Gasteiger partial charge in [-0.15, -0.1) is 0 Å². The summed E-state index contributed by atoms with van der Waals surface area (Å²) in [6, 6.07) is 10.5. The van der Waals surface area contributed by atoms with Crippen molar-refractivity contribution in [3.63, 3.8) is 0 Å². The van der Waals surface area contributed by atoms with E-state index in [2.05, 4.69) is 10.3 Å². The van der Waals surface area contributed by atoms with Crippen molar-refractivity contribution in [1.29, 1.82) is 0 Å². The molecule has 0 aliphatic heterocycles. The second kappa shape index (κ2) is 4.75. The first kappa shape index (κ1) is 10.6. The standard InChI is InChI=1S/C13H13FN2/c1-10-5-6-12(14)8-11(10)9-16-13-4-2-3-7-15-13/h2-8H,9H2,1H3,(H,15,16). The normalized spacial score (nSPS) is 10.1. The number of rotatable bonds is 3. The number of nitrogens with one attached hydrogen (secondary N) is 1. The summed E-state index contributed by atoms with van der Waals surface area (Å²) in [5.74, 6) is 0.592. The third-order valence-corrected chi connectivity index (χ3v) is 2.44. The fourth-order valence-electron chi connectivity index (χ4n) is 1.48. The van der Waals surface area contributed by atoms with Crippen LogP contribution in [0.5, 0.6) is 0 Å². The number of halogens is 1. The lowest BCUT2D eigenvalue weighted by atomic mass is 10.1. The highest BCUT2D eigenvalue weighted by atomic mass is 19.1. The Morgan fingerprint density at radius 1 is 1.25 bits per heavy atom. The zero-order valence-electron chi connectivity index (χ0n) is 9.07. The van der Waals surface area contributed by atoms with E-state index in [1.807, 2.05) is 25.1 Å². The molecule has 0 fully saturated rings. The number of nitrogens with zero attached hydrogens (tertiary/aromatic N) is 1. The van der Waals surface area contributed by atoms with Crippen LogP contribution in [0.2, 0.25) is 0 Å². The Balaban J connectivity index is 2.08. The zero-order chi connectivity index (χ0) is 11.4. The van der Waals surface area contributed by atoms with Crippen LogP contribution in [0, 0.1) is 12.7 Å². The molecule has 2 aromatic rings. The average Bonchev–Trinajstić information content (AvgIpc) is 2.32. The first-order valence-electron chi connectivity index (χ1n) is 5.15. The molecule has 16 heavy (non-hydrogen) atoms. The fraction of sp³-hybridized carbons (Fsp3) is 0.154. The lowest BCUT2D eigenvalue weighted by molar-refractivity contribution is 0.625. The molecule has 0 radical (unpaired) electrons. The number of aromatic nitrogens is 1. The smallest absolute Gasteiger partial charge is 0.126 e. The lowest BCUT2D eigenvalue weighted by Gasteiger charge is -2.08. The van der Waals surface area contributed by atoms with Crippen molar-refractivity contribution in [2.75, 3.05) is 5.32 Å². The van der Waals surface area contributed by atoms with Crippen molar-refractivity contribution in [1.82, 2.24) is 4.98 Å². The Morgan fingerprint density at radius 2 is 2.12 bits per heavy atom. The van der Waals surface area contributed by atoms with Crippen LogP contribution in [-0.4, -0.2) is 4.98 Å². The fourth-order valence-corrected chi connectivity index (χ4v) is 1.48. The lowest BCUT2D eigenvalue weighted by Crippen LogP contribution is -2.02. The van der Waals surface area contributed by atoms with Gasteiger partial charge < -0.3 is 5.32 Å². The molecule has 0 saturated heterocycles. The molecule has 0 atom stereocenters. The van der Waals surface area contributed by atoms with Gasteiger partial charge in [0.1, 0.15) is 11.6 Å². The van der Waals surface area contributed by atoms with Crippen LogP contribution in [-0.2, 0) is 6.54 Å². The largest absolute Gasteiger partial charge is 0.366 e. The van der Waals surface area contributed by atoms with Crippen LogP contribution >= 0.6 is 0 Å². The Kier molecular flexibility index (Phi) is 3.15. The summed E-state index contributed by atoms with van der Waals surface area (Å²) >= 11 is 0. The molecule has 0 bridgehead atoms. The summed E-state index contributed by atoms with van der Waals surface area (Å²) in [6.07, 6.45) is 1.72. The molecule has 0 amide bonds. The third kappa shape index (κ3) is 2.57. The predicted molar refractivity (Wildman–Crippen MR) is 62.7 cm³/mol. The van der Waals surface area contributed by atoms with Gasteiger partial charge >= 0.3 is 0 Å². The van der Waals surface area contributed by atoms with Gasteiger partial charge in [0, 0.05) is 12.7 Å². The van der Waals surface area contributed by atoms with E-state index in [0.29, 0.717) is 6.54 Å². The summed E-state index contributed by atoms with van der Waals surface area (Å²) in [5.41, 5.74) is 2.02. The minimum Gasteiger partial charge on any atom is -0.366 e. The highest BCUT2D eigenvalue weighted by Crippen LogP contribution is 2.12. The number of benzene rings is 1. The van der Waals surface area contributed by atoms with Crippen molar-refractivity contribution >= 4 is 5.82 Å². The summed E-state index contributed by atoms with van der Waals surface area (Å²) in [5, 5.41) is 3.15. The average molecular weight is 216 g/mol. The van der Waals surface area contributed by atoms with Crippen LogP contribution in [0.4, 0.5) is 10.2 Å².